The van der Waals surface area contributed by atoms with Crippen molar-refractivity contribution >= 4 is 23.6 Å². The Bertz CT molecular complexity index is 1150. The number of benzene rings is 2. The van der Waals surface area contributed by atoms with Crippen LogP contribution in [0.4, 0.5) is 4.39 Å². The third-order valence-corrected chi connectivity index (χ3v) is 6.47. The van der Waals surface area contributed by atoms with E-state index in [4.69, 9.17) is 9.47 Å². The highest BCUT2D eigenvalue weighted by Crippen LogP contribution is 2.24. The molecule has 9 nitrogen and oxygen atoms in total. The smallest absolute Gasteiger partial charge is 0.257 e. The van der Waals surface area contributed by atoms with Crippen molar-refractivity contribution in [2.24, 2.45) is 0 Å². The predicted octanol–water partition coefficient (Wildman–Crippen LogP) is 2.47. The number of amides is 2. The number of morpholine rings is 1. The van der Waals surface area contributed by atoms with Crippen LogP contribution < -0.4 is 10.1 Å². The van der Waals surface area contributed by atoms with Gasteiger partial charge in [-0.2, -0.15) is 0 Å². The number of ether oxygens (including phenoxy) is 2. The minimum atomic E-state index is -0.487. The summed E-state index contributed by atoms with van der Waals surface area (Å²) in [4.78, 5) is 27.1. The molecule has 11 heteroatoms. The van der Waals surface area contributed by atoms with Gasteiger partial charge in [0.2, 0.25) is 5.91 Å². The third kappa shape index (κ3) is 6.65. The highest BCUT2D eigenvalue weighted by molar-refractivity contribution is 7.99. The molecule has 0 spiro atoms. The molecule has 0 saturated carbocycles. The lowest BCUT2D eigenvalue weighted by atomic mass is 10.2. The second-order valence-electron chi connectivity index (χ2n) is 7.81. The van der Waals surface area contributed by atoms with E-state index in [1.807, 2.05) is 4.57 Å². The van der Waals surface area contributed by atoms with Crippen LogP contribution in [0.15, 0.2) is 53.7 Å². The summed E-state index contributed by atoms with van der Waals surface area (Å²) in [6.07, 6.45) is 0. The summed E-state index contributed by atoms with van der Waals surface area (Å²) in [6, 6.07) is 12.5. The van der Waals surface area contributed by atoms with Gasteiger partial charge in [-0.05, 0) is 48.5 Å². The molecule has 4 rings (SSSR count). The summed E-state index contributed by atoms with van der Waals surface area (Å²) >= 11 is 1.19. The van der Waals surface area contributed by atoms with E-state index in [1.54, 1.807) is 36.4 Å². The molecule has 3 aromatic rings. The SMILES string of the molecule is COc1ccc(C(=O)NC(=O)CSc2nnc(-c3ccc(F)cc3)n2CCN2CCOCC2)cc1. The summed E-state index contributed by atoms with van der Waals surface area (Å²) in [5.41, 5.74) is 1.09. The normalized spacial score (nSPS) is 14.0. The lowest BCUT2D eigenvalue weighted by Crippen LogP contribution is -2.38. The van der Waals surface area contributed by atoms with Gasteiger partial charge in [0.1, 0.15) is 11.6 Å². The van der Waals surface area contributed by atoms with Crippen LogP contribution in [0.25, 0.3) is 11.4 Å². The highest BCUT2D eigenvalue weighted by atomic mass is 32.2. The Kier molecular flexibility index (Phi) is 8.45. The minimum absolute atomic E-state index is 0.0129. The third-order valence-electron chi connectivity index (χ3n) is 5.50. The quantitative estimate of drug-likeness (QED) is 0.449. The minimum Gasteiger partial charge on any atom is -0.497 e. The van der Waals surface area contributed by atoms with Crippen molar-refractivity contribution in [3.63, 3.8) is 0 Å². The zero-order valence-corrected chi connectivity index (χ0v) is 20.1. The van der Waals surface area contributed by atoms with Crippen LogP contribution in [-0.4, -0.2) is 77.2 Å². The molecule has 0 atom stereocenters. The van der Waals surface area contributed by atoms with Crippen LogP contribution >= 0.6 is 11.8 Å². The van der Waals surface area contributed by atoms with Crippen molar-refractivity contribution in [3.05, 3.63) is 59.9 Å². The molecule has 0 radical (unpaired) electrons. The van der Waals surface area contributed by atoms with Crippen LogP contribution in [0.1, 0.15) is 10.4 Å². The summed E-state index contributed by atoms with van der Waals surface area (Å²) in [5, 5.41) is 11.5. The fourth-order valence-electron chi connectivity index (χ4n) is 3.58. The standard InChI is InChI=1S/C24H26FN5O4S/c1-33-20-8-4-18(5-9-20)23(32)26-21(31)16-35-24-28-27-22(17-2-6-19(25)7-3-17)30(24)11-10-29-12-14-34-15-13-29/h2-9H,10-16H2,1H3,(H,26,31,32). The number of methoxy groups -OCH3 is 1. The van der Waals surface area contributed by atoms with Crippen molar-refractivity contribution in [1.82, 2.24) is 25.0 Å². The first-order chi connectivity index (χ1) is 17.0. The van der Waals surface area contributed by atoms with E-state index >= 15 is 0 Å². The van der Waals surface area contributed by atoms with Crippen LogP contribution in [0.2, 0.25) is 0 Å². The highest BCUT2D eigenvalue weighted by Gasteiger charge is 2.19. The number of carbonyl (C=O) groups is 2. The van der Waals surface area contributed by atoms with Gasteiger partial charge in [0, 0.05) is 37.3 Å². The van der Waals surface area contributed by atoms with Crippen LogP contribution in [-0.2, 0) is 16.1 Å². The number of aromatic nitrogens is 3. The second-order valence-corrected chi connectivity index (χ2v) is 8.76. The van der Waals surface area contributed by atoms with Crippen molar-refractivity contribution < 1.29 is 23.5 Å². The molecule has 1 aliphatic heterocycles. The molecular formula is C24H26FN5O4S. The Morgan fingerprint density at radius 1 is 1.06 bits per heavy atom. The van der Waals surface area contributed by atoms with Gasteiger partial charge in [-0.1, -0.05) is 11.8 Å². The van der Waals surface area contributed by atoms with Gasteiger partial charge in [-0.15, -0.1) is 10.2 Å². The molecule has 2 heterocycles. The Hall–Kier alpha value is -3.28. The van der Waals surface area contributed by atoms with E-state index in [0.29, 0.717) is 42.1 Å². The zero-order valence-electron chi connectivity index (χ0n) is 19.3. The average Bonchev–Trinajstić information content (AvgIpc) is 3.30. The van der Waals surface area contributed by atoms with Crippen molar-refractivity contribution in [2.45, 2.75) is 11.7 Å². The van der Waals surface area contributed by atoms with Crippen molar-refractivity contribution in [3.8, 4) is 17.1 Å². The van der Waals surface area contributed by atoms with E-state index < -0.39 is 11.8 Å². The van der Waals surface area contributed by atoms with E-state index in [1.165, 1.54) is 31.0 Å². The summed E-state index contributed by atoms with van der Waals surface area (Å²) in [5.74, 6) is -0.0600. The van der Waals surface area contributed by atoms with Gasteiger partial charge < -0.3 is 14.0 Å². The fraction of sp³-hybridized carbons (Fsp3) is 0.333. The largest absolute Gasteiger partial charge is 0.497 e. The monoisotopic (exact) mass is 499 g/mol. The lowest BCUT2D eigenvalue weighted by molar-refractivity contribution is -0.117. The van der Waals surface area contributed by atoms with Crippen LogP contribution in [0.3, 0.4) is 0 Å². The first kappa shape index (κ1) is 24.8. The summed E-state index contributed by atoms with van der Waals surface area (Å²) in [6.45, 7) is 4.41. The summed E-state index contributed by atoms with van der Waals surface area (Å²) in [7, 11) is 1.54. The Balaban J connectivity index is 1.42. The molecule has 1 aromatic heterocycles. The van der Waals surface area contributed by atoms with E-state index in [0.717, 1.165) is 25.2 Å². The fourth-order valence-corrected chi connectivity index (χ4v) is 4.35. The molecule has 0 bridgehead atoms. The molecular weight excluding hydrogens is 473 g/mol. The number of hydrogen-bond donors (Lipinski definition) is 1. The van der Waals surface area contributed by atoms with E-state index in [2.05, 4.69) is 20.4 Å². The maximum Gasteiger partial charge on any atom is 0.257 e. The maximum absolute atomic E-state index is 13.4. The topological polar surface area (TPSA) is 98.6 Å². The number of halogens is 1. The van der Waals surface area contributed by atoms with Gasteiger partial charge in [-0.25, -0.2) is 4.39 Å². The van der Waals surface area contributed by atoms with Gasteiger partial charge in [-0.3, -0.25) is 19.8 Å². The molecule has 0 aliphatic carbocycles. The van der Waals surface area contributed by atoms with Gasteiger partial charge >= 0.3 is 0 Å². The predicted molar refractivity (Wildman–Crippen MR) is 129 cm³/mol. The van der Waals surface area contributed by atoms with Gasteiger partial charge in [0.25, 0.3) is 5.91 Å². The Labute approximate surface area is 206 Å². The first-order valence-electron chi connectivity index (χ1n) is 11.1. The molecule has 1 saturated heterocycles. The van der Waals surface area contributed by atoms with Crippen molar-refractivity contribution in [1.29, 1.82) is 0 Å². The van der Waals surface area contributed by atoms with E-state index in [-0.39, 0.29) is 11.6 Å². The average molecular weight is 500 g/mol. The van der Waals surface area contributed by atoms with Crippen LogP contribution in [0, 0.1) is 5.82 Å². The number of hydrogen-bond acceptors (Lipinski definition) is 8. The lowest BCUT2D eigenvalue weighted by Gasteiger charge is -2.27. The number of nitrogens with one attached hydrogen (secondary N) is 1. The second kappa shape index (κ2) is 11.9. The number of thioether (sulfide) groups is 1. The molecule has 1 aliphatic rings. The van der Waals surface area contributed by atoms with Gasteiger partial charge in [0.05, 0.1) is 26.1 Å². The number of nitrogens with zero attached hydrogens (tertiary/aromatic N) is 4. The Morgan fingerprint density at radius 2 is 1.77 bits per heavy atom. The molecule has 0 unspecified atom stereocenters. The molecule has 1 N–H and O–H groups in total. The van der Waals surface area contributed by atoms with Gasteiger partial charge in [0.15, 0.2) is 11.0 Å². The first-order valence-corrected chi connectivity index (χ1v) is 12.1. The molecule has 1 fully saturated rings. The molecule has 184 valence electrons. The Morgan fingerprint density at radius 3 is 2.46 bits per heavy atom. The van der Waals surface area contributed by atoms with Crippen molar-refractivity contribution in [2.75, 3.05) is 45.7 Å². The molecule has 2 aromatic carbocycles. The zero-order chi connectivity index (χ0) is 24.6. The number of rotatable bonds is 9. The molecule has 35 heavy (non-hydrogen) atoms. The number of carbonyl (C=O) groups excluding carboxylic acids is 2. The molecule has 2 amide bonds. The van der Waals surface area contributed by atoms with E-state index in [9.17, 15) is 14.0 Å². The van der Waals surface area contributed by atoms with Crippen LogP contribution in [0.5, 0.6) is 5.75 Å². The maximum atomic E-state index is 13.4. The number of imide groups is 1. The summed E-state index contributed by atoms with van der Waals surface area (Å²) < 4.78 is 25.8.